The summed E-state index contributed by atoms with van der Waals surface area (Å²) in [4.78, 5) is 0. The summed E-state index contributed by atoms with van der Waals surface area (Å²) < 4.78 is 7.78. The number of nitrogens with two attached hydrogens (primary N) is 1. The van der Waals surface area contributed by atoms with Crippen LogP contribution in [-0.4, -0.2) is 20.8 Å². The van der Waals surface area contributed by atoms with Gasteiger partial charge in [-0.05, 0) is 38.5 Å². The number of hydrogen-bond acceptors (Lipinski definition) is 4. The Balaban J connectivity index is 2.19. The normalized spacial score (nSPS) is 11.7. The highest BCUT2D eigenvalue weighted by Crippen LogP contribution is 2.21. The molecule has 0 aliphatic rings. The molecule has 2 rings (SSSR count). The Bertz CT molecular complexity index is 662. The van der Waals surface area contributed by atoms with E-state index in [0.717, 1.165) is 23.5 Å². The first-order chi connectivity index (χ1) is 10.0. The Morgan fingerprint density at radius 2 is 2.14 bits per heavy atom. The van der Waals surface area contributed by atoms with E-state index in [1.807, 2.05) is 37.6 Å². The smallest absolute Gasteiger partial charge is 0.170 e. The molecule has 2 aromatic rings. The van der Waals surface area contributed by atoms with Crippen LogP contribution in [0.5, 0.6) is 5.75 Å². The van der Waals surface area contributed by atoms with Gasteiger partial charge in [-0.2, -0.15) is 5.10 Å². The predicted octanol–water partition coefficient (Wildman–Crippen LogP) is 2.19. The molecule has 0 bridgehead atoms. The van der Waals surface area contributed by atoms with E-state index in [1.165, 1.54) is 0 Å². The van der Waals surface area contributed by atoms with E-state index in [0.29, 0.717) is 17.9 Å². The molecule has 0 radical (unpaired) electrons. The average Bonchev–Trinajstić information content (AvgIpc) is 2.85. The maximum absolute atomic E-state index is 8.74. The number of benzene rings is 1. The Morgan fingerprint density at radius 3 is 2.81 bits per heavy atom. The van der Waals surface area contributed by atoms with Crippen molar-refractivity contribution in [3.63, 3.8) is 0 Å². The van der Waals surface area contributed by atoms with Crippen LogP contribution in [0.4, 0.5) is 0 Å². The van der Waals surface area contributed by atoms with Crippen LogP contribution >= 0.6 is 0 Å². The third-order valence-corrected chi connectivity index (χ3v) is 3.25. The number of aryl methyl sites for hydroxylation is 3. The number of aromatic nitrogens is 2. The fourth-order valence-corrected chi connectivity index (χ4v) is 2.11. The zero-order valence-corrected chi connectivity index (χ0v) is 12.5. The second-order valence-electron chi connectivity index (χ2n) is 4.85. The van der Waals surface area contributed by atoms with E-state index >= 15 is 0 Å². The van der Waals surface area contributed by atoms with Gasteiger partial charge in [0.05, 0.1) is 11.4 Å². The molecule has 112 valence electrons. The van der Waals surface area contributed by atoms with E-state index in [1.54, 1.807) is 12.1 Å². The third-order valence-electron chi connectivity index (χ3n) is 3.25. The van der Waals surface area contributed by atoms with Crippen molar-refractivity contribution >= 4 is 5.84 Å². The number of hydrogen-bond donors (Lipinski definition) is 2. The molecule has 1 heterocycles. The van der Waals surface area contributed by atoms with Crippen LogP contribution in [0.2, 0.25) is 0 Å². The van der Waals surface area contributed by atoms with E-state index in [2.05, 4.69) is 10.3 Å². The number of oxime groups is 1. The van der Waals surface area contributed by atoms with Gasteiger partial charge in [0.2, 0.25) is 0 Å². The molecule has 0 spiro atoms. The quantitative estimate of drug-likeness (QED) is 0.382. The summed E-state index contributed by atoms with van der Waals surface area (Å²) in [6.07, 6.45) is 0. The molecule has 0 aliphatic carbocycles. The molecule has 6 nitrogen and oxygen atoms in total. The third kappa shape index (κ3) is 3.34. The van der Waals surface area contributed by atoms with E-state index in [4.69, 9.17) is 15.7 Å². The number of amidine groups is 1. The van der Waals surface area contributed by atoms with Gasteiger partial charge in [0.1, 0.15) is 12.4 Å². The van der Waals surface area contributed by atoms with Crippen molar-refractivity contribution in [1.82, 2.24) is 9.78 Å². The molecule has 6 heteroatoms. The Hall–Kier alpha value is -2.50. The summed E-state index contributed by atoms with van der Waals surface area (Å²) in [5, 5.41) is 16.1. The first-order valence-electron chi connectivity index (χ1n) is 6.79. The molecule has 0 saturated carbocycles. The summed E-state index contributed by atoms with van der Waals surface area (Å²) in [6.45, 7) is 7.18. The number of nitrogens with zero attached hydrogens (tertiary/aromatic N) is 3. The van der Waals surface area contributed by atoms with E-state index in [-0.39, 0.29) is 5.84 Å². The van der Waals surface area contributed by atoms with Gasteiger partial charge in [0, 0.05) is 12.1 Å². The summed E-state index contributed by atoms with van der Waals surface area (Å²) >= 11 is 0. The van der Waals surface area contributed by atoms with Crippen LogP contribution in [0, 0.1) is 13.8 Å². The minimum Gasteiger partial charge on any atom is -0.487 e. The lowest BCUT2D eigenvalue weighted by molar-refractivity contribution is 0.290. The van der Waals surface area contributed by atoms with Crippen molar-refractivity contribution in [3.8, 4) is 5.75 Å². The molecule has 3 N–H and O–H groups in total. The highest BCUT2D eigenvalue weighted by molar-refractivity contribution is 5.97. The predicted molar refractivity (Wildman–Crippen MR) is 80.7 cm³/mol. The first-order valence-corrected chi connectivity index (χ1v) is 6.79. The van der Waals surface area contributed by atoms with Gasteiger partial charge >= 0.3 is 0 Å². The van der Waals surface area contributed by atoms with Crippen LogP contribution in [0.15, 0.2) is 29.4 Å². The summed E-state index contributed by atoms with van der Waals surface area (Å²) in [6, 6.07) is 7.44. The number of rotatable bonds is 5. The van der Waals surface area contributed by atoms with Gasteiger partial charge in [-0.25, -0.2) is 0 Å². The van der Waals surface area contributed by atoms with Gasteiger partial charge in [-0.3, -0.25) is 4.68 Å². The molecule has 1 aromatic heterocycles. The van der Waals surface area contributed by atoms with Crippen LogP contribution in [0.25, 0.3) is 0 Å². The molecule has 0 fully saturated rings. The molecule has 0 unspecified atom stereocenters. The Morgan fingerprint density at radius 1 is 1.38 bits per heavy atom. The molecule has 0 aliphatic heterocycles. The van der Waals surface area contributed by atoms with Crippen molar-refractivity contribution in [2.45, 2.75) is 33.9 Å². The molecule has 0 amide bonds. The lowest BCUT2D eigenvalue weighted by atomic mass is 10.1. The highest BCUT2D eigenvalue weighted by Gasteiger charge is 2.08. The maximum atomic E-state index is 8.74. The largest absolute Gasteiger partial charge is 0.487 e. The zero-order chi connectivity index (χ0) is 15.4. The van der Waals surface area contributed by atoms with Gasteiger partial charge in [0.25, 0.3) is 0 Å². The van der Waals surface area contributed by atoms with Crippen molar-refractivity contribution in [2.24, 2.45) is 10.9 Å². The number of ether oxygens (including phenoxy) is 1. The second kappa shape index (κ2) is 6.30. The Labute approximate surface area is 123 Å². The average molecular weight is 288 g/mol. The minimum absolute atomic E-state index is 0.0642. The van der Waals surface area contributed by atoms with Crippen molar-refractivity contribution in [2.75, 3.05) is 0 Å². The van der Waals surface area contributed by atoms with Crippen LogP contribution in [-0.2, 0) is 13.2 Å². The fraction of sp³-hybridized carbons (Fsp3) is 0.333. The summed E-state index contributed by atoms with van der Waals surface area (Å²) in [5.41, 5.74) is 9.20. The minimum atomic E-state index is 0.0642. The van der Waals surface area contributed by atoms with Crippen LogP contribution in [0.1, 0.15) is 29.4 Å². The van der Waals surface area contributed by atoms with E-state index < -0.39 is 0 Å². The maximum Gasteiger partial charge on any atom is 0.170 e. The van der Waals surface area contributed by atoms with Crippen molar-refractivity contribution in [1.29, 1.82) is 0 Å². The summed E-state index contributed by atoms with van der Waals surface area (Å²) in [5.74, 6) is 0.773. The van der Waals surface area contributed by atoms with Gasteiger partial charge < -0.3 is 15.7 Å². The van der Waals surface area contributed by atoms with Gasteiger partial charge in [0.15, 0.2) is 5.84 Å². The standard InChI is InChI=1S/C15H20N4O2/c1-4-19-13(7-11(3)17-19)9-21-14-8-12(15(16)18-20)6-5-10(14)2/h5-8,20H,4,9H2,1-3H3,(H2,16,18). The molecular weight excluding hydrogens is 268 g/mol. The molecule has 0 saturated heterocycles. The van der Waals surface area contributed by atoms with Crippen molar-refractivity contribution in [3.05, 3.63) is 46.8 Å². The molecule has 21 heavy (non-hydrogen) atoms. The van der Waals surface area contributed by atoms with Crippen LogP contribution < -0.4 is 10.5 Å². The van der Waals surface area contributed by atoms with Crippen LogP contribution in [0.3, 0.4) is 0 Å². The first kappa shape index (κ1) is 14.9. The molecule has 0 atom stereocenters. The fourth-order valence-electron chi connectivity index (χ4n) is 2.11. The Kier molecular flexibility index (Phi) is 4.47. The second-order valence-corrected chi connectivity index (χ2v) is 4.85. The van der Waals surface area contributed by atoms with Crippen molar-refractivity contribution < 1.29 is 9.94 Å². The molecule has 1 aromatic carbocycles. The summed E-state index contributed by atoms with van der Waals surface area (Å²) in [7, 11) is 0. The van der Waals surface area contributed by atoms with Gasteiger partial charge in [-0.1, -0.05) is 17.3 Å². The zero-order valence-electron chi connectivity index (χ0n) is 12.5. The monoisotopic (exact) mass is 288 g/mol. The highest BCUT2D eigenvalue weighted by atomic mass is 16.5. The van der Waals surface area contributed by atoms with E-state index in [9.17, 15) is 0 Å². The van der Waals surface area contributed by atoms with Gasteiger partial charge in [-0.15, -0.1) is 0 Å². The molecular formula is C15H20N4O2. The SMILES string of the molecule is CCn1nc(C)cc1COc1cc(/C(N)=N/O)ccc1C. The lowest BCUT2D eigenvalue weighted by Crippen LogP contribution is -2.13. The topological polar surface area (TPSA) is 85.7 Å². The lowest BCUT2D eigenvalue weighted by Gasteiger charge is -2.11.